The molecule has 0 amide bonds. The van der Waals surface area contributed by atoms with Crippen LogP contribution in [0.3, 0.4) is 0 Å². The third-order valence-corrected chi connectivity index (χ3v) is 5.59. The van der Waals surface area contributed by atoms with E-state index in [1.807, 2.05) is 16.7 Å². The van der Waals surface area contributed by atoms with Gasteiger partial charge in [0.2, 0.25) is 6.79 Å². The average molecular weight is 383 g/mol. The molecular formula is C19H21N5O4. The minimum absolute atomic E-state index is 0.281. The lowest BCUT2D eigenvalue weighted by Gasteiger charge is -2.27. The maximum absolute atomic E-state index is 12.6. The van der Waals surface area contributed by atoms with E-state index in [4.69, 9.17) is 9.47 Å². The molecule has 28 heavy (non-hydrogen) atoms. The fourth-order valence-corrected chi connectivity index (χ4v) is 3.95. The molecule has 1 aromatic carbocycles. The minimum atomic E-state index is -0.354. The second-order valence-corrected chi connectivity index (χ2v) is 7.27. The number of benzene rings is 1. The first-order valence-electron chi connectivity index (χ1n) is 9.29. The van der Waals surface area contributed by atoms with Crippen LogP contribution >= 0.6 is 0 Å². The second kappa shape index (κ2) is 6.23. The van der Waals surface area contributed by atoms with Gasteiger partial charge in [-0.3, -0.25) is 18.8 Å². The Morgan fingerprint density at radius 1 is 1.07 bits per heavy atom. The van der Waals surface area contributed by atoms with Crippen molar-refractivity contribution in [3.05, 3.63) is 50.4 Å². The highest BCUT2D eigenvalue weighted by molar-refractivity contribution is 5.71. The van der Waals surface area contributed by atoms with E-state index >= 15 is 0 Å². The highest BCUT2D eigenvalue weighted by Crippen LogP contribution is 2.32. The number of nitrogens with zero attached hydrogens (tertiary/aromatic N) is 5. The fourth-order valence-electron chi connectivity index (χ4n) is 3.95. The summed E-state index contributed by atoms with van der Waals surface area (Å²) in [5.41, 5.74) is 1.52. The van der Waals surface area contributed by atoms with Crippen LogP contribution in [-0.4, -0.2) is 43.5 Å². The van der Waals surface area contributed by atoms with Crippen molar-refractivity contribution in [1.29, 1.82) is 0 Å². The lowest BCUT2D eigenvalue weighted by atomic mass is 10.1. The molecule has 2 aliphatic heterocycles. The number of hydrogen-bond donors (Lipinski definition) is 0. The van der Waals surface area contributed by atoms with Crippen molar-refractivity contribution in [2.75, 3.05) is 19.9 Å². The predicted octanol–water partition coefficient (Wildman–Crippen LogP) is 0.221. The molecule has 0 unspecified atom stereocenters. The van der Waals surface area contributed by atoms with E-state index < -0.39 is 0 Å². The summed E-state index contributed by atoms with van der Waals surface area (Å²) in [6, 6.07) is 6.04. The summed E-state index contributed by atoms with van der Waals surface area (Å²) in [6.45, 7) is 3.31. The van der Waals surface area contributed by atoms with Crippen LogP contribution in [0.4, 0.5) is 0 Å². The van der Waals surface area contributed by atoms with Gasteiger partial charge in [0, 0.05) is 33.7 Å². The topological polar surface area (TPSA) is 83.5 Å². The zero-order valence-corrected chi connectivity index (χ0v) is 15.8. The molecule has 9 heteroatoms. The lowest BCUT2D eigenvalue weighted by molar-refractivity contribution is 0.174. The van der Waals surface area contributed by atoms with E-state index in [-0.39, 0.29) is 18.0 Å². The summed E-state index contributed by atoms with van der Waals surface area (Å²) < 4.78 is 15.3. The van der Waals surface area contributed by atoms with Crippen molar-refractivity contribution in [1.82, 2.24) is 23.6 Å². The van der Waals surface area contributed by atoms with Crippen molar-refractivity contribution in [3.8, 4) is 11.5 Å². The van der Waals surface area contributed by atoms with Gasteiger partial charge in [-0.1, -0.05) is 6.07 Å². The van der Waals surface area contributed by atoms with E-state index in [0.717, 1.165) is 41.4 Å². The molecule has 9 nitrogen and oxygen atoms in total. The highest BCUT2D eigenvalue weighted by Gasteiger charge is 2.24. The van der Waals surface area contributed by atoms with Crippen molar-refractivity contribution < 1.29 is 9.47 Å². The highest BCUT2D eigenvalue weighted by atomic mass is 16.7. The van der Waals surface area contributed by atoms with Gasteiger partial charge in [-0.05, 0) is 24.1 Å². The monoisotopic (exact) mass is 383 g/mol. The number of hydrogen-bond acceptors (Lipinski definition) is 6. The molecule has 0 saturated heterocycles. The smallest absolute Gasteiger partial charge is 0.332 e. The van der Waals surface area contributed by atoms with Crippen molar-refractivity contribution >= 4 is 11.2 Å². The average Bonchev–Trinajstić information content (AvgIpc) is 3.32. The first-order chi connectivity index (χ1) is 13.5. The molecule has 146 valence electrons. The molecule has 0 fully saturated rings. The molecule has 0 spiro atoms. The number of fused-ring (bicyclic) bond motifs is 4. The number of rotatable bonds is 3. The summed E-state index contributed by atoms with van der Waals surface area (Å²) in [6.07, 6.45) is 0.886. The lowest BCUT2D eigenvalue weighted by Crippen LogP contribution is -2.39. The summed E-state index contributed by atoms with van der Waals surface area (Å²) in [4.78, 5) is 31.7. The van der Waals surface area contributed by atoms with Crippen LogP contribution in [0, 0.1) is 0 Å². The first kappa shape index (κ1) is 17.1. The van der Waals surface area contributed by atoms with Crippen LogP contribution in [0.1, 0.15) is 11.4 Å². The van der Waals surface area contributed by atoms with Gasteiger partial charge in [0.25, 0.3) is 5.56 Å². The van der Waals surface area contributed by atoms with Crippen molar-refractivity contribution in [3.63, 3.8) is 0 Å². The van der Waals surface area contributed by atoms with Gasteiger partial charge in [-0.25, -0.2) is 9.78 Å². The molecule has 0 bridgehead atoms. The Kier molecular flexibility index (Phi) is 3.80. The molecule has 2 aliphatic rings. The van der Waals surface area contributed by atoms with E-state index in [1.54, 1.807) is 7.05 Å². The van der Waals surface area contributed by atoms with Gasteiger partial charge in [0.05, 0.1) is 6.54 Å². The molecule has 0 saturated carbocycles. The van der Waals surface area contributed by atoms with E-state index in [2.05, 4.69) is 16.0 Å². The molecule has 4 heterocycles. The van der Waals surface area contributed by atoms with Crippen LogP contribution in [0.2, 0.25) is 0 Å². The van der Waals surface area contributed by atoms with Crippen LogP contribution in [0.25, 0.3) is 11.2 Å². The summed E-state index contributed by atoms with van der Waals surface area (Å²) in [5, 5.41) is 0. The summed E-state index contributed by atoms with van der Waals surface area (Å²) in [5.74, 6) is 2.42. The Morgan fingerprint density at radius 2 is 1.89 bits per heavy atom. The molecule has 3 aromatic rings. The Morgan fingerprint density at radius 3 is 2.75 bits per heavy atom. The second-order valence-electron chi connectivity index (χ2n) is 7.27. The first-order valence-corrected chi connectivity index (χ1v) is 9.29. The predicted molar refractivity (Wildman–Crippen MR) is 102 cm³/mol. The number of ether oxygens (including phenoxy) is 2. The normalized spacial score (nSPS) is 15.9. The molecule has 0 N–H and O–H groups in total. The molecule has 2 aromatic heterocycles. The Balaban J connectivity index is 1.38. The molecule has 0 atom stereocenters. The summed E-state index contributed by atoms with van der Waals surface area (Å²) in [7, 11) is 3.16. The van der Waals surface area contributed by atoms with Gasteiger partial charge >= 0.3 is 5.69 Å². The van der Waals surface area contributed by atoms with Crippen LogP contribution in [0.5, 0.6) is 11.5 Å². The van der Waals surface area contributed by atoms with E-state index in [9.17, 15) is 9.59 Å². The Hall–Kier alpha value is -3.07. The molecule has 0 radical (unpaired) electrons. The van der Waals surface area contributed by atoms with Gasteiger partial charge in [-0.15, -0.1) is 0 Å². The fraction of sp³-hybridized carbons (Fsp3) is 0.421. The summed E-state index contributed by atoms with van der Waals surface area (Å²) >= 11 is 0. The van der Waals surface area contributed by atoms with Crippen LogP contribution in [0.15, 0.2) is 27.8 Å². The quantitative estimate of drug-likeness (QED) is 0.644. The Bertz CT molecular complexity index is 1210. The number of aromatic nitrogens is 4. The SMILES string of the molecule is Cn1c(=O)c2c(nc3n2CCN(CCc2ccc4c(c2)OCO4)C3)n(C)c1=O. The van der Waals surface area contributed by atoms with E-state index in [1.165, 1.54) is 17.2 Å². The van der Waals surface area contributed by atoms with E-state index in [0.29, 0.717) is 24.3 Å². The maximum atomic E-state index is 12.6. The third-order valence-electron chi connectivity index (χ3n) is 5.59. The Labute approximate surface area is 160 Å². The van der Waals surface area contributed by atoms with Gasteiger partial charge in [-0.2, -0.15) is 0 Å². The van der Waals surface area contributed by atoms with Crippen molar-refractivity contribution in [2.24, 2.45) is 14.1 Å². The molecule has 5 rings (SSSR count). The minimum Gasteiger partial charge on any atom is -0.454 e. The number of imidazole rings is 1. The molecular weight excluding hydrogens is 362 g/mol. The van der Waals surface area contributed by atoms with Crippen molar-refractivity contribution in [2.45, 2.75) is 19.5 Å². The third kappa shape index (κ3) is 2.54. The standard InChI is InChI=1S/C19H21N5O4/c1-21-17-16(18(25)22(2)19(21)26)24-8-7-23(10-15(24)20-17)6-5-12-3-4-13-14(9-12)28-11-27-13/h3-4,9H,5-8,10-11H2,1-2H3. The number of aryl methyl sites for hydroxylation is 1. The van der Waals surface area contributed by atoms with Gasteiger partial charge < -0.3 is 14.0 Å². The van der Waals surface area contributed by atoms with Crippen LogP contribution < -0.4 is 20.7 Å². The largest absolute Gasteiger partial charge is 0.454 e. The van der Waals surface area contributed by atoms with Gasteiger partial charge in [0.15, 0.2) is 22.7 Å². The zero-order chi connectivity index (χ0) is 19.4. The maximum Gasteiger partial charge on any atom is 0.332 e. The zero-order valence-electron chi connectivity index (χ0n) is 15.8. The van der Waals surface area contributed by atoms with Gasteiger partial charge in [0.1, 0.15) is 5.82 Å². The molecule has 0 aliphatic carbocycles. The van der Waals surface area contributed by atoms with Crippen LogP contribution in [-0.2, 0) is 33.6 Å².